The van der Waals surface area contributed by atoms with Gasteiger partial charge in [-0.25, -0.2) is 5.01 Å². The van der Waals surface area contributed by atoms with Crippen molar-refractivity contribution in [3.8, 4) is 5.75 Å². The van der Waals surface area contributed by atoms with Gasteiger partial charge in [0.25, 0.3) is 5.91 Å². The molecule has 5 nitrogen and oxygen atoms in total. The van der Waals surface area contributed by atoms with Crippen LogP contribution >= 0.6 is 11.6 Å². The first-order valence-corrected chi connectivity index (χ1v) is 7.98. The van der Waals surface area contributed by atoms with Gasteiger partial charge in [-0.3, -0.25) is 15.0 Å². The van der Waals surface area contributed by atoms with E-state index >= 15 is 0 Å². The van der Waals surface area contributed by atoms with Gasteiger partial charge in [0.15, 0.2) is 0 Å². The van der Waals surface area contributed by atoms with E-state index in [0.717, 1.165) is 16.9 Å². The summed E-state index contributed by atoms with van der Waals surface area (Å²) >= 11 is 6.14. The van der Waals surface area contributed by atoms with E-state index in [1.54, 1.807) is 19.2 Å². The number of ether oxygens (including phenoxy) is 1. The monoisotopic (exact) mass is 344 g/mol. The largest absolute Gasteiger partial charge is 0.497 e. The Balaban J connectivity index is 1.69. The maximum atomic E-state index is 12.2. The molecule has 0 spiro atoms. The molecule has 0 saturated carbocycles. The van der Waals surface area contributed by atoms with Crippen molar-refractivity contribution in [3.05, 3.63) is 65.7 Å². The Bertz CT molecular complexity index is 734. The van der Waals surface area contributed by atoms with Crippen molar-refractivity contribution in [2.45, 2.75) is 17.8 Å². The molecule has 1 heterocycles. The normalized spacial score (nSPS) is 19.6. The SMILES string of the molecule is COc1ccc([C@@H]2[C@H](Cl)C(=O)N2NC(=O)Cc2ccccc2)cc1. The second kappa shape index (κ2) is 6.93. The van der Waals surface area contributed by atoms with Crippen LogP contribution in [0, 0.1) is 0 Å². The molecule has 1 fully saturated rings. The highest BCUT2D eigenvalue weighted by Gasteiger charge is 2.48. The fraction of sp³-hybridized carbons (Fsp3) is 0.222. The Labute approximate surface area is 145 Å². The van der Waals surface area contributed by atoms with Crippen LogP contribution < -0.4 is 10.2 Å². The van der Waals surface area contributed by atoms with Gasteiger partial charge in [-0.05, 0) is 23.3 Å². The second-order valence-electron chi connectivity index (χ2n) is 5.53. The number of nitrogens with zero attached hydrogens (tertiary/aromatic N) is 1. The number of alkyl halides is 1. The molecule has 2 aromatic carbocycles. The highest BCUT2D eigenvalue weighted by molar-refractivity contribution is 6.33. The molecule has 1 saturated heterocycles. The quantitative estimate of drug-likeness (QED) is 0.669. The summed E-state index contributed by atoms with van der Waals surface area (Å²) in [6, 6.07) is 16.2. The van der Waals surface area contributed by atoms with Crippen molar-refractivity contribution >= 4 is 23.4 Å². The molecule has 2 aromatic rings. The highest BCUT2D eigenvalue weighted by atomic mass is 35.5. The van der Waals surface area contributed by atoms with Crippen LogP contribution in [-0.2, 0) is 16.0 Å². The topological polar surface area (TPSA) is 58.6 Å². The van der Waals surface area contributed by atoms with Crippen LogP contribution in [0.1, 0.15) is 17.2 Å². The van der Waals surface area contributed by atoms with E-state index in [-0.39, 0.29) is 24.3 Å². The number of carbonyl (C=O) groups is 2. The number of halogens is 1. The molecule has 24 heavy (non-hydrogen) atoms. The first kappa shape index (κ1) is 16.3. The van der Waals surface area contributed by atoms with Gasteiger partial charge in [0.05, 0.1) is 13.5 Å². The number of hydrazine groups is 1. The number of methoxy groups -OCH3 is 1. The molecule has 0 radical (unpaired) electrons. The van der Waals surface area contributed by atoms with Crippen LogP contribution in [0.5, 0.6) is 5.75 Å². The Morgan fingerprint density at radius 1 is 1.17 bits per heavy atom. The van der Waals surface area contributed by atoms with Crippen LogP contribution in [0.15, 0.2) is 54.6 Å². The molecule has 6 heteroatoms. The van der Waals surface area contributed by atoms with Crippen LogP contribution in [-0.4, -0.2) is 29.3 Å². The lowest BCUT2D eigenvalue weighted by molar-refractivity contribution is -0.156. The zero-order valence-corrected chi connectivity index (χ0v) is 13.9. The van der Waals surface area contributed by atoms with E-state index in [0.29, 0.717) is 0 Å². The molecule has 0 aromatic heterocycles. The van der Waals surface area contributed by atoms with Crippen LogP contribution in [0.2, 0.25) is 0 Å². The summed E-state index contributed by atoms with van der Waals surface area (Å²) < 4.78 is 5.12. The molecule has 1 aliphatic heterocycles. The zero-order chi connectivity index (χ0) is 17.1. The van der Waals surface area contributed by atoms with Crippen LogP contribution in [0.3, 0.4) is 0 Å². The zero-order valence-electron chi connectivity index (χ0n) is 13.1. The van der Waals surface area contributed by atoms with Gasteiger partial charge in [0.1, 0.15) is 17.2 Å². The van der Waals surface area contributed by atoms with Gasteiger partial charge in [0.2, 0.25) is 5.91 Å². The molecule has 124 valence electrons. The lowest BCUT2D eigenvalue weighted by atomic mass is 9.95. The minimum atomic E-state index is -0.685. The van der Waals surface area contributed by atoms with Gasteiger partial charge in [-0.15, -0.1) is 11.6 Å². The third-order valence-corrected chi connectivity index (χ3v) is 4.36. The summed E-state index contributed by atoms with van der Waals surface area (Å²) in [7, 11) is 1.59. The Morgan fingerprint density at radius 2 is 1.83 bits per heavy atom. The molecule has 0 aliphatic carbocycles. The fourth-order valence-corrected chi connectivity index (χ4v) is 3.02. The van der Waals surface area contributed by atoms with E-state index in [9.17, 15) is 9.59 Å². The molecular formula is C18H17ClN2O3. The average Bonchev–Trinajstić information content (AvgIpc) is 2.62. The number of hydrogen-bond donors (Lipinski definition) is 1. The number of benzene rings is 2. The van der Waals surface area contributed by atoms with E-state index in [1.165, 1.54) is 5.01 Å². The van der Waals surface area contributed by atoms with Crippen LogP contribution in [0.25, 0.3) is 0 Å². The molecular weight excluding hydrogens is 328 g/mol. The van der Waals surface area contributed by atoms with Crippen molar-refractivity contribution in [1.29, 1.82) is 0 Å². The minimum Gasteiger partial charge on any atom is -0.497 e. The van der Waals surface area contributed by atoms with Crippen LogP contribution in [0.4, 0.5) is 0 Å². The fourth-order valence-electron chi connectivity index (χ4n) is 2.65. The summed E-state index contributed by atoms with van der Waals surface area (Å²) in [6.45, 7) is 0. The number of hydrogen-bond acceptors (Lipinski definition) is 3. The van der Waals surface area contributed by atoms with Crippen molar-refractivity contribution in [2.75, 3.05) is 7.11 Å². The van der Waals surface area contributed by atoms with Crippen molar-refractivity contribution in [3.63, 3.8) is 0 Å². The third-order valence-electron chi connectivity index (χ3n) is 3.94. The van der Waals surface area contributed by atoms with Gasteiger partial charge >= 0.3 is 0 Å². The van der Waals surface area contributed by atoms with Crippen molar-refractivity contribution < 1.29 is 14.3 Å². The number of β-lactam (4-membered cyclic amide) rings is 1. The van der Waals surface area contributed by atoms with Gasteiger partial charge < -0.3 is 4.74 Å². The number of amides is 2. The summed E-state index contributed by atoms with van der Waals surface area (Å²) in [5, 5.41) is 0.612. The molecule has 3 rings (SSSR count). The van der Waals surface area contributed by atoms with Crippen molar-refractivity contribution in [2.24, 2.45) is 0 Å². The Morgan fingerprint density at radius 3 is 2.46 bits per heavy atom. The summed E-state index contributed by atoms with van der Waals surface area (Å²) in [5.74, 6) is 0.158. The second-order valence-corrected chi connectivity index (χ2v) is 6.00. The van der Waals surface area contributed by atoms with E-state index in [2.05, 4.69) is 5.43 Å². The first-order chi connectivity index (χ1) is 11.6. The first-order valence-electron chi connectivity index (χ1n) is 7.54. The molecule has 0 unspecified atom stereocenters. The molecule has 2 atom stereocenters. The number of nitrogens with one attached hydrogen (secondary N) is 1. The smallest absolute Gasteiger partial charge is 0.262 e. The average molecular weight is 345 g/mol. The number of carbonyl (C=O) groups excluding carboxylic acids is 2. The Hall–Kier alpha value is -2.53. The van der Waals surface area contributed by atoms with Gasteiger partial charge in [0, 0.05) is 0 Å². The molecule has 2 amide bonds. The van der Waals surface area contributed by atoms with Gasteiger partial charge in [-0.1, -0.05) is 42.5 Å². The van der Waals surface area contributed by atoms with Gasteiger partial charge in [-0.2, -0.15) is 0 Å². The summed E-state index contributed by atoms with van der Waals surface area (Å²) in [4.78, 5) is 24.2. The maximum Gasteiger partial charge on any atom is 0.262 e. The maximum absolute atomic E-state index is 12.2. The predicted octanol–water partition coefficient (Wildman–Crippen LogP) is 2.46. The Kier molecular flexibility index (Phi) is 4.71. The minimum absolute atomic E-state index is 0.201. The summed E-state index contributed by atoms with van der Waals surface area (Å²) in [5.41, 5.74) is 4.38. The van der Waals surface area contributed by atoms with E-state index < -0.39 is 5.38 Å². The van der Waals surface area contributed by atoms with Crippen molar-refractivity contribution in [1.82, 2.24) is 10.4 Å². The summed E-state index contributed by atoms with van der Waals surface area (Å²) in [6.07, 6.45) is 0.201. The number of rotatable bonds is 5. The third kappa shape index (κ3) is 3.21. The lowest BCUT2D eigenvalue weighted by Gasteiger charge is -2.44. The standard InChI is InChI=1S/C18H17ClN2O3/c1-24-14-9-7-13(8-10-14)17-16(19)18(23)21(17)20-15(22)11-12-5-3-2-4-6-12/h2-10,16-17H,11H2,1H3,(H,20,22)/t16-,17+/m0/s1. The van der Waals surface area contributed by atoms with E-state index in [1.807, 2.05) is 42.5 Å². The highest BCUT2D eigenvalue weighted by Crippen LogP contribution is 2.37. The lowest BCUT2D eigenvalue weighted by Crippen LogP contribution is -2.63. The molecule has 1 N–H and O–H groups in total. The van der Waals surface area contributed by atoms with E-state index in [4.69, 9.17) is 16.3 Å². The molecule has 1 aliphatic rings. The predicted molar refractivity (Wildman–Crippen MR) is 90.5 cm³/mol. The molecule has 0 bridgehead atoms.